The minimum Gasteiger partial charge on any atom is -0.398 e. The first-order valence-electron chi connectivity index (χ1n) is 5.86. The van der Waals surface area contributed by atoms with Crippen LogP contribution in [-0.2, 0) is 10.0 Å². The second kappa shape index (κ2) is 6.17. The summed E-state index contributed by atoms with van der Waals surface area (Å²) in [5.41, 5.74) is 7.46. The maximum absolute atomic E-state index is 12.2. The molecule has 0 amide bonds. The van der Waals surface area contributed by atoms with E-state index in [1.165, 1.54) is 0 Å². The van der Waals surface area contributed by atoms with Crippen LogP contribution in [0.3, 0.4) is 0 Å². The Morgan fingerprint density at radius 1 is 1.28 bits per heavy atom. The Hall–Kier alpha value is -1.11. The first-order valence-corrected chi connectivity index (χ1v) is 7.34. The van der Waals surface area contributed by atoms with E-state index >= 15 is 0 Å². The summed E-state index contributed by atoms with van der Waals surface area (Å²) in [6.07, 6.45) is 1.19. The molecule has 0 heterocycles. The highest BCUT2D eigenvalue weighted by Gasteiger charge is 2.20. The summed E-state index contributed by atoms with van der Waals surface area (Å²) in [7, 11) is -3.54. The largest absolute Gasteiger partial charge is 0.398 e. The fourth-order valence-corrected chi connectivity index (χ4v) is 3.34. The van der Waals surface area contributed by atoms with Crippen LogP contribution < -0.4 is 10.5 Å². The first kappa shape index (κ1) is 14.9. The van der Waals surface area contributed by atoms with Crippen LogP contribution in [0.15, 0.2) is 17.0 Å². The number of aliphatic hydroxyl groups excluding tert-OH is 1. The molecule has 1 aromatic carbocycles. The molecule has 0 saturated heterocycles. The lowest BCUT2D eigenvalue weighted by atomic mass is 10.1. The number of nitrogens with two attached hydrogens (primary N) is 1. The van der Waals surface area contributed by atoms with Gasteiger partial charge in [0.05, 0.1) is 4.90 Å². The van der Waals surface area contributed by atoms with Gasteiger partial charge < -0.3 is 10.8 Å². The summed E-state index contributed by atoms with van der Waals surface area (Å²) >= 11 is 0. The van der Waals surface area contributed by atoms with Crippen LogP contribution in [0.4, 0.5) is 5.69 Å². The van der Waals surface area contributed by atoms with Gasteiger partial charge in [0, 0.05) is 18.8 Å². The maximum atomic E-state index is 12.2. The molecule has 5 nitrogen and oxygen atoms in total. The third-order valence-electron chi connectivity index (χ3n) is 2.79. The fourth-order valence-electron chi connectivity index (χ4n) is 1.77. The van der Waals surface area contributed by atoms with Crippen molar-refractivity contribution >= 4 is 15.7 Å². The van der Waals surface area contributed by atoms with Gasteiger partial charge in [0.25, 0.3) is 0 Å². The van der Waals surface area contributed by atoms with E-state index in [1.54, 1.807) is 26.0 Å². The van der Waals surface area contributed by atoms with Crippen LogP contribution in [0, 0.1) is 13.8 Å². The molecule has 0 aliphatic rings. The molecule has 0 radical (unpaired) electrons. The predicted octanol–water partition coefficient (Wildman–Crippen LogP) is 0.936. The standard InChI is InChI=1S/C12H20N2O3S/c1-9-5-6-11(13)10(2)12(9)18(16,17)14-7-3-4-8-15/h5-6,14-15H,3-4,7-8,13H2,1-2H3. The van der Waals surface area contributed by atoms with Crippen molar-refractivity contribution in [3.63, 3.8) is 0 Å². The highest BCUT2D eigenvalue weighted by Crippen LogP contribution is 2.24. The summed E-state index contributed by atoms with van der Waals surface area (Å²) in [5, 5.41) is 8.64. The minimum absolute atomic E-state index is 0.0675. The van der Waals surface area contributed by atoms with Crippen LogP contribution >= 0.6 is 0 Å². The zero-order valence-electron chi connectivity index (χ0n) is 10.7. The number of aryl methyl sites for hydroxylation is 1. The summed E-state index contributed by atoms with van der Waals surface area (Å²) < 4.78 is 26.8. The number of nitrogen functional groups attached to an aromatic ring is 1. The Morgan fingerprint density at radius 3 is 2.56 bits per heavy atom. The number of unbranched alkanes of at least 4 members (excludes halogenated alkanes) is 1. The van der Waals surface area contributed by atoms with Crippen LogP contribution in [0.2, 0.25) is 0 Å². The van der Waals surface area contributed by atoms with Gasteiger partial charge in [-0.1, -0.05) is 6.07 Å². The number of aliphatic hydroxyl groups is 1. The number of nitrogens with one attached hydrogen (secondary N) is 1. The first-order chi connectivity index (χ1) is 8.40. The Kier molecular flexibility index (Phi) is 5.13. The van der Waals surface area contributed by atoms with Gasteiger partial charge in [-0.25, -0.2) is 13.1 Å². The van der Waals surface area contributed by atoms with E-state index in [1.807, 2.05) is 0 Å². The lowest BCUT2D eigenvalue weighted by molar-refractivity contribution is 0.285. The molecular formula is C12H20N2O3S. The molecule has 0 saturated carbocycles. The van der Waals surface area contributed by atoms with E-state index in [2.05, 4.69) is 4.72 Å². The number of rotatable bonds is 6. The molecular weight excluding hydrogens is 252 g/mol. The molecule has 18 heavy (non-hydrogen) atoms. The fraction of sp³-hybridized carbons (Fsp3) is 0.500. The van der Waals surface area contributed by atoms with E-state index in [9.17, 15) is 8.42 Å². The Morgan fingerprint density at radius 2 is 1.94 bits per heavy atom. The summed E-state index contributed by atoms with van der Waals surface area (Å²) in [6.45, 7) is 3.83. The van der Waals surface area contributed by atoms with Crippen LogP contribution in [0.5, 0.6) is 0 Å². The van der Waals surface area contributed by atoms with Gasteiger partial charge in [-0.3, -0.25) is 0 Å². The van der Waals surface area contributed by atoms with Gasteiger partial charge in [0.15, 0.2) is 0 Å². The number of hydrogen-bond acceptors (Lipinski definition) is 4. The van der Waals surface area contributed by atoms with Crippen molar-refractivity contribution < 1.29 is 13.5 Å². The van der Waals surface area contributed by atoms with Crippen molar-refractivity contribution in [1.29, 1.82) is 0 Å². The molecule has 0 aliphatic carbocycles. The molecule has 0 atom stereocenters. The van der Waals surface area contributed by atoms with Gasteiger partial charge in [0.1, 0.15) is 0 Å². The van der Waals surface area contributed by atoms with Crippen LogP contribution in [0.1, 0.15) is 24.0 Å². The monoisotopic (exact) mass is 272 g/mol. The number of hydrogen-bond donors (Lipinski definition) is 3. The highest BCUT2D eigenvalue weighted by atomic mass is 32.2. The summed E-state index contributed by atoms with van der Waals surface area (Å²) in [4.78, 5) is 0.256. The van der Waals surface area contributed by atoms with E-state index < -0.39 is 10.0 Å². The third kappa shape index (κ3) is 3.44. The van der Waals surface area contributed by atoms with Crippen molar-refractivity contribution in [2.45, 2.75) is 31.6 Å². The molecule has 1 aromatic rings. The molecule has 6 heteroatoms. The van der Waals surface area contributed by atoms with Gasteiger partial charge in [-0.2, -0.15) is 0 Å². The van der Waals surface area contributed by atoms with Gasteiger partial charge >= 0.3 is 0 Å². The van der Waals surface area contributed by atoms with Crippen molar-refractivity contribution in [2.24, 2.45) is 0 Å². The molecule has 0 unspecified atom stereocenters. The Balaban J connectivity index is 2.95. The zero-order chi connectivity index (χ0) is 13.8. The normalized spacial score (nSPS) is 11.7. The number of anilines is 1. The van der Waals surface area contributed by atoms with Gasteiger partial charge in [-0.15, -0.1) is 0 Å². The highest BCUT2D eigenvalue weighted by molar-refractivity contribution is 7.89. The summed E-state index contributed by atoms with van der Waals surface area (Å²) in [5.74, 6) is 0. The van der Waals surface area contributed by atoms with Gasteiger partial charge in [0.2, 0.25) is 10.0 Å². The van der Waals surface area contributed by atoms with E-state index in [-0.39, 0.29) is 11.5 Å². The lowest BCUT2D eigenvalue weighted by Gasteiger charge is -2.13. The van der Waals surface area contributed by atoms with Crippen molar-refractivity contribution in [1.82, 2.24) is 4.72 Å². The SMILES string of the molecule is Cc1ccc(N)c(C)c1S(=O)(=O)NCCCCO. The molecule has 102 valence electrons. The smallest absolute Gasteiger partial charge is 0.241 e. The Bertz CT molecular complexity index is 512. The minimum atomic E-state index is -3.54. The van der Waals surface area contributed by atoms with Gasteiger partial charge in [-0.05, 0) is 43.9 Å². The third-order valence-corrected chi connectivity index (χ3v) is 4.54. The molecule has 0 spiro atoms. The van der Waals surface area contributed by atoms with Crippen molar-refractivity contribution in [2.75, 3.05) is 18.9 Å². The summed E-state index contributed by atoms with van der Waals surface area (Å²) in [6, 6.07) is 3.40. The molecule has 0 aromatic heterocycles. The zero-order valence-corrected chi connectivity index (χ0v) is 11.5. The molecule has 0 bridgehead atoms. The average molecular weight is 272 g/mol. The van der Waals surface area contributed by atoms with E-state index in [0.717, 1.165) is 0 Å². The molecule has 1 rings (SSSR count). The molecule has 0 fully saturated rings. The van der Waals surface area contributed by atoms with Crippen molar-refractivity contribution in [3.8, 4) is 0 Å². The molecule has 4 N–H and O–H groups in total. The van der Waals surface area contributed by atoms with E-state index in [0.29, 0.717) is 36.2 Å². The lowest BCUT2D eigenvalue weighted by Crippen LogP contribution is -2.26. The predicted molar refractivity (Wildman–Crippen MR) is 71.8 cm³/mol. The molecule has 0 aliphatic heterocycles. The topological polar surface area (TPSA) is 92.4 Å². The number of sulfonamides is 1. The average Bonchev–Trinajstić information content (AvgIpc) is 2.30. The van der Waals surface area contributed by atoms with E-state index in [4.69, 9.17) is 10.8 Å². The second-order valence-electron chi connectivity index (χ2n) is 4.25. The van der Waals surface area contributed by atoms with Crippen molar-refractivity contribution in [3.05, 3.63) is 23.3 Å². The quantitative estimate of drug-likeness (QED) is 0.531. The van der Waals surface area contributed by atoms with Crippen LogP contribution in [0.25, 0.3) is 0 Å². The maximum Gasteiger partial charge on any atom is 0.241 e. The Labute approximate surface area is 108 Å². The number of benzene rings is 1. The second-order valence-corrected chi connectivity index (χ2v) is 5.96. The van der Waals surface area contributed by atoms with Crippen LogP contribution in [-0.4, -0.2) is 26.7 Å².